The van der Waals surface area contributed by atoms with E-state index in [0.717, 1.165) is 0 Å². The number of unbranched alkanes of at least 4 members (excludes halogenated alkanes) is 18. The fourth-order valence-corrected chi connectivity index (χ4v) is 9.04. The van der Waals surface area contributed by atoms with Crippen molar-refractivity contribution in [2.75, 3.05) is 0 Å². The molecule has 0 rings (SSSR count). The van der Waals surface area contributed by atoms with Crippen LogP contribution in [0.5, 0.6) is 0 Å². The Bertz CT molecular complexity index is 220. The van der Waals surface area contributed by atoms with Crippen molar-refractivity contribution in [1.29, 1.82) is 0 Å². The Morgan fingerprint density at radius 2 is 0.615 bits per heavy atom. The molecule has 0 fully saturated rings. The Hall–Kier alpha value is 0.759. The van der Waals surface area contributed by atoms with Crippen LogP contribution in [0.15, 0.2) is 0 Å². The molecule has 0 aliphatic rings. The van der Waals surface area contributed by atoms with Crippen LogP contribution in [0.4, 0.5) is 0 Å². The van der Waals surface area contributed by atoms with Crippen molar-refractivity contribution in [3.05, 3.63) is 0 Å². The first kappa shape index (κ1) is 26.8. The first-order valence-corrected chi connectivity index (χ1v) is 18.6. The van der Waals surface area contributed by atoms with Crippen LogP contribution in [0.2, 0.25) is 8.87 Å². The zero-order valence-corrected chi connectivity index (χ0v) is 21.9. The molecule has 0 unspecified atom stereocenters. The fourth-order valence-electron chi connectivity index (χ4n) is 3.88. The van der Waals surface area contributed by atoms with Crippen LogP contribution in [0.25, 0.3) is 0 Å². The summed E-state index contributed by atoms with van der Waals surface area (Å²) >= 11 is -2.04. The van der Waals surface area contributed by atoms with Crippen LogP contribution in [-0.4, -0.2) is 23.6 Å². The van der Waals surface area contributed by atoms with Gasteiger partial charge in [-0.2, -0.15) is 0 Å². The van der Waals surface area contributed by atoms with Crippen LogP contribution in [0.3, 0.4) is 0 Å². The maximum atomic E-state index is 10.3. The Labute approximate surface area is 174 Å². The van der Waals surface area contributed by atoms with Gasteiger partial charge < -0.3 is 0 Å². The van der Waals surface area contributed by atoms with Crippen LogP contribution in [-0.2, 0) is 0 Å². The Morgan fingerprint density at radius 3 is 0.885 bits per heavy atom. The molecule has 0 amide bonds. The summed E-state index contributed by atoms with van der Waals surface area (Å²) < 4.78 is 12.8. The van der Waals surface area contributed by atoms with Gasteiger partial charge in [-0.15, -0.1) is 0 Å². The fraction of sp³-hybridized carbons (Fsp3) is 1.00. The zero-order chi connectivity index (χ0) is 19.1. The van der Waals surface area contributed by atoms with Crippen LogP contribution >= 0.6 is 0 Å². The molecule has 0 bridgehead atoms. The van der Waals surface area contributed by atoms with Gasteiger partial charge in [-0.05, 0) is 0 Å². The normalized spacial score (nSPS) is 11.5. The number of hydrogen-bond acceptors (Lipinski definition) is 1. The summed E-state index contributed by atoms with van der Waals surface area (Å²) in [6.07, 6.45) is 28.2. The molecule has 0 heterocycles. The molecule has 1 N–H and O–H groups in total. The minimum atomic E-state index is -2.04. The van der Waals surface area contributed by atoms with Crippen molar-refractivity contribution in [1.82, 2.24) is 0 Å². The molecule has 0 spiro atoms. The quantitative estimate of drug-likeness (QED) is 0.123. The van der Waals surface area contributed by atoms with E-state index < -0.39 is 20.2 Å². The predicted molar refractivity (Wildman–Crippen MR) is 123 cm³/mol. The molecule has 0 aromatic heterocycles. The van der Waals surface area contributed by atoms with Crippen molar-refractivity contribution in [3.63, 3.8) is 0 Å². The molecule has 1 nitrogen and oxygen atoms in total. The Kier molecular flexibility index (Phi) is 24.5. The minimum absolute atomic E-state index is 1.25. The summed E-state index contributed by atoms with van der Waals surface area (Å²) in [7, 11) is 0. The average Bonchev–Trinajstić information content (AvgIpc) is 2.64. The van der Waals surface area contributed by atoms with Gasteiger partial charge in [0.1, 0.15) is 0 Å². The van der Waals surface area contributed by atoms with Gasteiger partial charge in [-0.3, -0.25) is 0 Å². The van der Waals surface area contributed by atoms with E-state index in [1.54, 1.807) is 0 Å². The van der Waals surface area contributed by atoms with Gasteiger partial charge in [0.15, 0.2) is 0 Å². The number of rotatable bonds is 22. The summed E-state index contributed by atoms with van der Waals surface area (Å²) in [6, 6.07) is 0. The molecule has 158 valence electrons. The summed E-state index contributed by atoms with van der Waals surface area (Å²) in [5, 5.41) is 0. The van der Waals surface area contributed by atoms with Crippen molar-refractivity contribution in [2.45, 2.75) is 151 Å². The SMILES string of the molecule is CCCCCCCCCCC[CH2][SnH]([OH])[CH2]CCCCCCCCCCC. The Balaban J connectivity index is 3.12. The monoisotopic (exact) mass is 476 g/mol. The van der Waals surface area contributed by atoms with E-state index in [4.69, 9.17) is 0 Å². The zero-order valence-electron chi connectivity index (χ0n) is 18.6. The summed E-state index contributed by atoms with van der Waals surface area (Å²) in [5.41, 5.74) is 0. The van der Waals surface area contributed by atoms with Gasteiger partial charge in [0.05, 0.1) is 0 Å². The first-order chi connectivity index (χ1) is 12.8. The van der Waals surface area contributed by atoms with Crippen LogP contribution in [0.1, 0.15) is 142 Å². The van der Waals surface area contributed by atoms with Gasteiger partial charge in [0, 0.05) is 0 Å². The molecule has 0 saturated carbocycles. The van der Waals surface area contributed by atoms with E-state index >= 15 is 0 Å². The number of hydrogen-bond donors (Lipinski definition) is 1. The molecule has 2 heteroatoms. The summed E-state index contributed by atoms with van der Waals surface area (Å²) in [5.74, 6) is 0. The molecule has 0 atom stereocenters. The van der Waals surface area contributed by atoms with Gasteiger partial charge in [-0.1, -0.05) is 0 Å². The average molecular weight is 475 g/mol. The maximum absolute atomic E-state index is 10.3. The molecule has 0 aliphatic carbocycles. The van der Waals surface area contributed by atoms with Crippen molar-refractivity contribution in [3.8, 4) is 0 Å². The van der Waals surface area contributed by atoms with Crippen LogP contribution < -0.4 is 0 Å². The van der Waals surface area contributed by atoms with E-state index in [-0.39, 0.29) is 0 Å². The van der Waals surface area contributed by atoms with Gasteiger partial charge >= 0.3 is 175 Å². The van der Waals surface area contributed by atoms with Gasteiger partial charge in [-0.25, -0.2) is 0 Å². The van der Waals surface area contributed by atoms with Crippen LogP contribution in [0, 0.1) is 0 Å². The van der Waals surface area contributed by atoms with Crippen molar-refractivity contribution >= 4 is 20.2 Å². The van der Waals surface area contributed by atoms with E-state index in [0.29, 0.717) is 0 Å². The molecule has 0 radical (unpaired) electrons. The first-order valence-electron chi connectivity index (χ1n) is 12.5. The molecular weight excluding hydrogens is 423 g/mol. The third kappa shape index (κ3) is 22.8. The third-order valence-corrected chi connectivity index (χ3v) is 11.9. The molecule has 0 aliphatic heterocycles. The molecule has 0 saturated heterocycles. The Morgan fingerprint density at radius 1 is 0.385 bits per heavy atom. The summed E-state index contributed by atoms with van der Waals surface area (Å²) in [4.78, 5) is 0. The van der Waals surface area contributed by atoms with E-state index in [1.807, 2.05) is 0 Å². The summed E-state index contributed by atoms with van der Waals surface area (Å²) in [6.45, 7) is 4.58. The molecule has 0 aromatic rings. The van der Waals surface area contributed by atoms with Gasteiger partial charge in [0.25, 0.3) is 0 Å². The molecule has 0 aromatic carbocycles. The van der Waals surface area contributed by atoms with Gasteiger partial charge in [0.2, 0.25) is 0 Å². The third-order valence-electron chi connectivity index (χ3n) is 5.78. The van der Waals surface area contributed by atoms with Crippen molar-refractivity contribution < 1.29 is 3.44 Å². The van der Waals surface area contributed by atoms with E-state index in [2.05, 4.69) is 13.8 Å². The molecule has 26 heavy (non-hydrogen) atoms. The second-order valence-electron chi connectivity index (χ2n) is 8.60. The molecular formula is C24H52OSn. The van der Waals surface area contributed by atoms with E-state index in [9.17, 15) is 3.44 Å². The van der Waals surface area contributed by atoms with Crippen molar-refractivity contribution in [2.24, 2.45) is 0 Å². The standard InChI is InChI=1S/2C12H25.H2O.Sn.H/c2*1-3-5-7-9-11-12-10-8-6-4-2;;;/h2*1,3-12H2,2H3;1H2;;/q;;;+1;/p-1. The second-order valence-corrected chi connectivity index (χ2v) is 15.6. The second kappa shape index (κ2) is 23.8. The topological polar surface area (TPSA) is 20.2 Å². The predicted octanol–water partition coefficient (Wildman–Crippen LogP) is 8.54. The van der Waals surface area contributed by atoms with E-state index in [1.165, 1.54) is 137 Å².